The Morgan fingerprint density at radius 3 is 2.84 bits per heavy atom. The lowest BCUT2D eigenvalue weighted by atomic mass is 10.2. The summed E-state index contributed by atoms with van der Waals surface area (Å²) in [6, 6.07) is 7.30. The predicted octanol–water partition coefficient (Wildman–Crippen LogP) is 3.42. The van der Waals surface area contributed by atoms with Gasteiger partial charge in [0.15, 0.2) is 0 Å². The minimum atomic E-state index is -0.771. The van der Waals surface area contributed by atoms with Crippen LogP contribution in [0.25, 0.3) is 0 Å². The number of hydrogen-bond acceptors (Lipinski definition) is 3. The molecular formula is C14H20ClNO2S. The van der Waals surface area contributed by atoms with Crippen molar-refractivity contribution in [1.82, 2.24) is 5.32 Å². The first kappa shape index (κ1) is 16.3. The highest BCUT2D eigenvalue weighted by Crippen LogP contribution is 2.21. The third-order valence-electron chi connectivity index (χ3n) is 2.71. The van der Waals surface area contributed by atoms with E-state index in [1.54, 1.807) is 11.8 Å². The van der Waals surface area contributed by atoms with Crippen LogP contribution in [0.2, 0.25) is 5.02 Å². The minimum Gasteiger partial charge on any atom is -0.480 e. The van der Waals surface area contributed by atoms with E-state index in [9.17, 15) is 4.79 Å². The van der Waals surface area contributed by atoms with E-state index in [-0.39, 0.29) is 0 Å². The molecule has 0 fully saturated rings. The number of halogens is 1. The maximum absolute atomic E-state index is 11.0. The van der Waals surface area contributed by atoms with Crippen LogP contribution in [0.15, 0.2) is 24.3 Å². The van der Waals surface area contributed by atoms with Crippen LogP contribution in [0, 0.1) is 0 Å². The summed E-state index contributed by atoms with van der Waals surface area (Å²) < 4.78 is 0. The third kappa shape index (κ3) is 6.32. The number of carboxylic acid groups (broad SMARTS) is 1. The van der Waals surface area contributed by atoms with Crippen LogP contribution in [0.5, 0.6) is 0 Å². The molecule has 0 aliphatic carbocycles. The molecule has 5 heteroatoms. The Hall–Kier alpha value is -0.710. The highest BCUT2D eigenvalue weighted by atomic mass is 35.5. The second-order valence-corrected chi connectivity index (χ2v) is 5.79. The first-order valence-electron chi connectivity index (χ1n) is 6.42. The summed E-state index contributed by atoms with van der Waals surface area (Å²) in [5, 5.41) is 12.9. The summed E-state index contributed by atoms with van der Waals surface area (Å²) in [5.41, 5.74) is 1.10. The molecular weight excluding hydrogens is 282 g/mol. The van der Waals surface area contributed by atoms with Gasteiger partial charge in [0.1, 0.15) is 6.04 Å². The van der Waals surface area contributed by atoms with Crippen molar-refractivity contribution in [2.75, 3.05) is 12.3 Å². The van der Waals surface area contributed by atoms with E-state index in [0.717, 1.165) is 35.1 Å². The van der Waals surface area contributed by atoms with Crippen LogP contribution in [0.3, 0.4) is 0 Å². The van der Waals surface area contributed by atoms with Crippen molar-refractivity contribution in [1.29, 1.82) is 0 Å². The fourth-order valence-corrected chi connectivity index (χ4v) is 2.93. The Kier molecular flexibility index (Phi) is 7.94. The molecule has 0 aliphatic heterocycles. The van der Waals surface area contributed by atoms with Crippen molar-refractivity contribution in [3.05, 3.63) is 34.9 Å². The monoisotopic (exact) mass is 301 g/mol. The Morgan fingerprint density at radius 1 is 1.47 bits per heavy atom. The normalized spacial score (nSPS) is 12.3. The third-order valence-corrected chi connectivity index (χ3v) is 4.11. The van der Waals surface area contributed by atoms with Crippen molar-refractivity contribution < 1.29 is 9.90 Å². The largest absolute Gasteiger partial charge is 0.480 e. The Bertz CT molecular complexity index is 401. The van der Waals surface area contributed by atoms with Crippen LogP contribution < -0.4 is 5.32 Å². The molecule has 0 saturated heterocycles. The first-order chi connectivity index (χ1) is 9.15. The molecule has 1 atom stereocenters. The topological polar surface area (TPSA) is 49.3 Å². The number of rotatable bonds is 9. The Balaban J connectivity index is 2.29. The van der Waals surface area contributed by atoms with Gasteiger partial charge in [0, 0.05) is 10.8 Å². The lowest BCUT2D eigenvalue weighted by Crippen LogP contribution is -2.37. The van der Waals surface area contributed by atoms with E-state index in [0.29, 0.717) is 6.42 Å². The Labute approximate surface area is 123 Å². The quantitative estimate of drug-likeness (QED) is 0.686. The van der Waals surface area contributed by atoms with Crippen LogP contribution in [-0.4, -0.2) is 29.4 Å². The highest BCUT2D eigenvalue weighted by Gasteiger charge is 2.15. The van der Waals surface area contributed by atoms with Crippen molar-refractivity contribution >= 4 is 29.3 Å². The van der Waals surface area contributed by atoms with Crippen molar-refractivity contribution in [2.24, 2.45) is 0 Å². The van der Waals surface area contributed by atoms with Gasteiger partial charge >= 0.3 is 5.97 Å². The minimum absolute atomic E-state index is 0.446. The standard InChI is InChI=1S/C14H20ClNO2S/c1-2-8-16-13(14(17)18)7-9-19-10-11-5-3-4-6-12(11)15/h3-6,13,16H,2,7-10H2,1H3,(H,17,18). The molecule has 3 nitrogen and oxygen atoms in total. The smallest absolute Gasteiger partial charge is 0.320 e. The number of carbonyl (C=O) groups is 1. The fourth-order valence-electron chi connectivity index (χ4n) is 1.63. The van der Waals surface area contributed by atoms with E-state index in [4.69, 9.17) is 16.7 Å². The molecule has 1 unspecified atom stereocenters. The maximum atomic E-state index is 11.0. The number of carboxylic acids is 1. The molecule has 106 valence electrons. The first-order valence-corrected chi connectivity index (χ1v) is 7.95. The van der Waals surface area contributed by atoms with Gasteiger partial charge in [-0.05, 0) is 36.8 Å². The molecule has 0 aliphatic rings. The summed E-state index contributed by atoms with van der Waals surface area (Å²) in [6.45, 7) is 2.77. The van der Waals surface area contributed by atoms with Gasteiger partial charge in [0.05, 0.1) is 0 Å². The lowest BCUT2D eigenvalue weighted by Gasteiger charge is -2.13. The van der Waals surface area contributed by atoms with E-state index in [1.807, 2.05) is 31.2 Å². The summed E-state index contributed by atoms with van der Waals surface area (Å²) in [4.78, 5) is 11.0. The van der Waals surface area contributed by atoms with Gasteiger partial charge in [0.25, 0.3) is 0 Å². The average Bonchev–Trinajstić information content (AvgIpc) is 2.39. The molecule has 1 aromatic carbocycles. The molecule has 0 heterocycles. The molecule has 0 spiro atoms. The molecule has 0 bridgehead atoms. The molecule has 1 rings (SSSR count). The van der Waals surface area contributed by atoms with Gasteiger partial charge in [-0.3, -0.25) is 4.79 Å². The molecule has 0 amide bonds. The Morgan fingerprint density at radius 2 is 2.21 bits per heavy atom. The van der Waals surface area contributed by atoms with Gasteiger partial charge in [-0.25, -0.2) is 0 Å². The van der Waals surface area contributed by atoms with Crippen LogP contribution in [-0.2, 0) is 10.5 Å². The van der Waals surface area contributed by atoms with E-state index in [1.165, 1.54) is 0 Å². The summed E-state index contributed by atoms with van der Waals surface area (Å²) in [7, 11) is 0. The molecule has 0 saturated carbocycles. The maximum Gasteiger partial charge on any atom is 0.320 e. The van der Waals surface area contributed by atoms with E-state index in [2.05, 4.69) is 5.32 Å². The van der Waals surface area contributed by atoms with Crippen LogP contribution in [0.4, 0.5) is 0 Å². The van der Waals surface area contributed by atoms with Crippen molar-refractivity contribution in [2.45, 2.75) is 31.6 Å². The SMILES string of the molecule is CCCNC(CCSCc1ccccc1Cl)C(=O)O. The van der Waals surface area contributed by atoms with E-state index >= 15 is 0 Å². The molecule has 2 N–H and O–H groups in total. The van der Waals surface area contributed by atoms with Gasteiger partial charge in [-0.15, -0.1) is 0 Å². The lowest BCUT2D eigenvalue weighted by molar-refractivity contribution is -0.139. The van der Waals surface area contributed by atoms with Crippen LogP contribution >= 0.6 is 23.4 Å². The zero-order valence-corrected chi connectivity index (χ0v) is 12.6. The molecule has 19 heavy (non-hydrogen) atoms. The summed E-state index contributed by atoms with van der Waals surface area (Å²) in [6.07, 6.45) is 1.57. The summed E-state index contributed by atoms with van der Waals surface area (Å²) in [5.74, 6) is 0.852. The van der Waals surface area contributed by atoms with Gasteiger partial charge in [0.2, 0.25) is 0 Å². The zero-order valence-electron chi connectivity index (χ0n) is 11.1. The fraction of sp³-hybridized carbons (Fsp3) is 0.500. The van der Waals surface area contributed by atoms with Crippen molar-refractivity contribution in [3.63, 3.8) is 0 Å². The number of thioether (sulfide) groups is 1. The second kappa shape index (κ2) is 9.23. The number of hydrogen-bond donors (Lipinski definition) is 2. The molecule has 1 aromatic rings. The van der Waals surface area contributed by atoms with Gasteiger partial charge in [-0.1, -0.05) is 36.7 Å². The number of aliphatic carboxylic acids is 1. The predicted molar refractivity (Wildman–Crippen MR) is 81.9 cm³/mol. The van der Waals surface area contributed by atoms with E-state index < -0.39 is 12.0 Å². The summed E-state index contributed by atoms with van der Waals surface area (Å²) >= 11 is 7.78. The second-order valence-electron chi connectivity index (χ2n) is 4.28. The van der Waals surface area contributed by atoms with Crippen LogP contribution in [0.1, 0.15) is 25.3 Å². The number of benzene rings is 1. The number of nitrogens with one attached hydrogen (secondary N) is 1. The van der Waals surface area contributed by atoms with Crippen molar-refractivity contribution in [3.8, 4) is 0 Å². The zero-order chi connectivity index (χ0) is 14.1. The molecule has 0 aromatic heterocycles. The van der Waals surface area contributed by atoms with Gasteiger partial charge < -0.3 is 10.4 Å². The molecule has 0 radical (unpaired) electrons. The average molecular weight is 302 g/mol. The van der Waals surface area contributed by atoms with Gasteiger partial charge in [-0.2, -0.15) is 11.8 Å². The highest BCUT2D eigenvalue weighted by molar-refractivity contribution is 7.98.